The van der Waals surface area contributed by atoms with Crippen LogP contribution < -0.4 is 21.5 Å². The van der Waals surface area contributed by atoms with Crippen molar-refractivity contribution in [1.29, 1.82) is 0 Å². The van der Waals surface area contributed by atoms with Crippen molar-refractivity contribution in [2.24, 2.45) is 0 Å². The summed E-state index contributed by atoms with van der Waals surface area (Å²) in [5.74, 6) is 0. The summed E-state index contributed by atoms with van der Waals surface area (Å²) in [6.45, 7) is 4.05. The first-order valence-electron chi connectivity index (χ1n) is 6.81. The van der Waals surface area contributed by atoms with E-state index in [1.165, 1.54) is 0 Å². The summed E-state index contributed by atoms with van der Waals surface area (Å²) in [6, 6.07) is 15.9. The fourth-order valence-electron chi connectivity index (χ4n) is 1.87. The maximum absolute atomic E-state index is 5.23. The van der Waals surface area contributed by atoms with E-state index in [-0.39, 0.29) is 0 Å². The molecule has 4 N–H and O–H groups in total. The van der Waals surface area contributed by atoms with E-state index in [1.807, 2.05) is 62.4 Å². The lowest BCUT2D eigenvalue weighted by molar-refractivity contribution is 0.885. The Bertz CT molecular complexity index is 685. The van der Waals surface area contributed by atoms with Crippen LogP contribution in [0.5, 0.6) is 0 Å². The van der Waals surface area contributed by atoms with Crippen molar-refractivity contribution in [1.82, 2.24) is 10.9 Å². The molecule has 0 saturated carbocycles. The van der Waals surface area contributed by atoms with Crippen LogP contribution in [0.15, 0.2) is 48.5 Å². The molecule has 0 atom stereocenters. The lowest BCUT2D eigenvalue weighted by Gasteiger charge is -2.15. The molecular weight excluding hydrogens is 312 g/mol. The highest BCUT2D eigenvalue weighted by molar-refractivity contribution is 7.81. The Hall–Kier alpha value is -2.18. The Morgan fingerprint density at radius 1 is 0.818 bits per heavy atom. The Morgan fingerprint density at radius 2 is 1.50 bits per heavy atom. The number of para-hydroxylation sites is 1. The summed E-state index contributed by atoms with van der Waals surface area (Å²) in [7, 11) is 0. The second-order valence-electron chi connectivity index (χ2n) is 4.84. The van der Waals surface area contributed by atoms with Gasteiger partial charge in [-0.2, -0.15) is 0 Å². The summed E-state index contributed by atoms with van der Waals surface area (Å²) in [5.41, 5.74) is 9.88. The summed E-state index contributed by atoms with van der Waals surface area (Å²) < 4.78 is 0. The molecule has 22 heavy (non-hydrogen) atoms. The predicted octanol–water partition coefficient (Wildman–Crippen LogP) is 3.49. The first-order chi connectivity index (χ1) is 10.5. The van der Waals surface area contributed by atoms with Gasteiger partial charge in [0, 0.05) is 11.4 Å². The maximum Gasteiger partial charge on any atom is 0.189 e. The second-order valence-corrected chi connectivity index (χ2v) is 5.66. The molecule has 0 aromatic heterocycles. The number of thiocarbonyl (C=S) groups is 2. The molecule has 0 saturated heterocycles. The van der Waals surface area contributed by atoms with E-state index in [2.05, 4.69) is 21.5 Å². The SMILES string of the molecule is Cc1cccc(NC(=S)NNC(=S)Nc2ccccc2C)c1. The first kappa shape index (κ1) is 16.2. The van der Waals surface area contributed by atoms with E-state index in [0.717, 1.165) is 22.5 Å². The zero-order valence-electron chi connectivity index (χ0n) is 12.4. The number of nitrogens with one attached hydrogen (secondary N) is 4. The third-order valence-corrected chi connectivity index (χ3v) is 3.37. The maximum atomic E-state index is 5.23. The van der Waals surface area contributed by atoms with Crippen molar-refractivity contribution in [2.45, 2.75) is 13.8 Å². The molecule has 0 aliphatic heterocycles. The standard InChI is InChI=1S/C16H18N4S2/c1-11-6-5-8-13(10-11)17-15(21)19-20-16(22)18-14-9-4-3-7-12(14)2/h3-10H,1-2H3,(H2,17,19,21)(H2,18,20,22). The van der Waals surface area contributed by atoms with Gasteiger partial charge in [-0.1, -0.05) is 30.3 Å². The Morgan fingerprint density at radius 3 is 2.18 bits per heavy atom. The first-order valence-corrected chi connectivity index (χ1v) is 7.62. The van der Waals surface area contributed by atoms with Crippen LogP contribution in [0.25, 0.3) is 0 Å². The Balaban J connectivity index is 1.81. The minimum absolute atomic E-state index is 0.444. The van der Waals surface area contributed by atoms with Gasteiger partial charge in [-0.05, 0) is 67.6 Å². The van der Waals surface area contributed by atoms with Gasteiger partial charge in [0.25, 0.3) is 0 Å². The quantitative estimate of drug-likeness (QED) is 0.499. The highest BCUT2D eigenvalue weighted by atomic mass is 32.1. The van der Waals surface area contributed by atoms with Gasteiger partial charge in [0.05, 0.1) is 0 Å². The molecule has 0 heterocycles. The molecular formula is C16H18N4S2. The molecule has 0 spiro atoms. The smallest absolute Gasteiger partial charge is 0.189 e. The lowest BCUT2D eigenvalue weighted by atomic mass is 10.2. The molecule has 6 heteroatoms. The summed E-state index contributed by atoms with van der Waals surface area (Å²) >= 11 is 10.4. The van der Waals surface area contributed by atoms with Gasteiger partial charge >= 0.3 is 0 Å². The van der Waals surface area contributed by atoms with Crippen molar-refractivity contribution < 1.29 is 0 Å². The van der Waals surface area contributed by atoms with Crippen molar-refractivity contribution >= 4 is 46.0 Å². The van der Waals surface area contributed by atoms with Gasteiger partial charge in [0.15, 0.2) is 10.2 Å². The van der Waals surface area contributed by atoms with Crippen molar-refractivity contribution in [3.05, 3.63) is 59.7 Å². The minimum Gasteiger partial charge on any atom is -0.331 e. The molecule has 114 valence electrons. The van der Waals surface area contributed by atoms with E-state index in [4.69, 9.17) is 24.4 Å². The summed E-state index contributed by atoms with van der Waals surface area (Å²) in [4.78, 5) is 0. The molecule has 2 aromatic rings. The van der Waals surface area contributed by atoms with Gasteiger partial charge < -0.3 is 10.6 Å². The number of hydrazine groups is 1. The molecule has 0 unspecified atom stereocenters. The van der Waals surface area contributed by atoms with Crippen LogP contribution in [0.4, 0.5) is 11.4 Å². The number of hydrogen-bond acceptors (Lipinski definition) is 2. The van der Waals surface area contributed by atoms with Crippen LogP contribution in [0, 0.1) is 13.8 Å². The van der Waals surface area contributed by atoms with Crippen LogP contribution in [0.2, 0.25) is 0 Å². The number of rotatable bonds is 2. The Kier molecular flexibility index (Phi) is 5.68. The number of anilines is 2. The van der Waals surface area contributed by atoms with Crippen LogP contribution in [-0.2, 0) is 0 Å². The van der Waals surface area contributed by atoms with E-state index in [9.17, 15) is 0 Å². The van der Waals surface area contributed by atoms with Gasteiger partial charge in [0.2, 0.25) is 0 Å². The average molecular weight is 330 g/mol. The third-order valence-electron chi connectivity index (χ3n) is 2.96. The van der Waals surface area contributed by atoms with Crippen molar-refractivity contribution in [3.8, 4) is 0 Å². The van der Waals surface area contributed by atoms with Gasteiger partial charge in [-0.25, -0.2) is 0 Å². The molecule has 2 rings (SSSR count). The summed E-state index contributed by atoms with van der Waals surface area (Å²) in [5, 5.41) is 7.08. The topological polar surface area (TPSA) is 48.1 Å². The fraction of sp³-hybridized carbons (Fsp3) is 0.125. The van der Waals surface area contributed by atoms with E-state index in [1.54, 1.807) is 0 Å². The van der Waals surface area contributed by atoms with E-state index >= 15 is 0 Å². The molecule has 0 amide bonds. The van der Waals surface area contributed by atoms with Crippen molar-refractivity contribution in [3.63, 3.8) is 0 Å². The number of benzene rings is 2. The molecule has 0 fully saturated rings. The summed E-state index contributed by atoms with van der Waals surface area (Å²) in [6.07, 6.45) is 0. The monoisotopic (exact) mass is 330 g/mol. The van der Waals surface area contributed by atoms with Gasteiger partial charge in [-0.3, -0.25) is 10.9 Å². The van der Waals surface area contributed by atoms with Crippen LogP contribution >= 0.6 is 24.4 Å². The molecule has 2 aromatic carbocycles. The highest BCUT2D eigenvalue weighted by Gasteiger charge is 2.01. The zero-order chi connectivity index (χ0) is 15.9. The lowest BCUT2D eigenvalue weighted by Crippen LogP contribution is -2.45. The van der Waals surface area contributed by atoms with Crippen LogP contribution in [0.3, 0.4) is 0 Å². The molecule has 0 aliphatic carbocycles. The predicted molar refractivity (Wildman–Crippen MR) is 101 cm³/mol. The number of hydrogen-bond donors (Lipinski definition) is 4. The van der Waals surface area contributed by atoms with Gasteiger partial charge in [-0.15, -0.1) is 0 Å². The fourth-order valence-corrected chi connectivity index (χ4v) is 2.20. The van der Waals surface area contributed by atoms with Crippen LogP contribution in [0.1, 0.15) is 11.1 Å². The van der Waals surface area contributed by atoms with E-state index < -0.39 is 0 Å². The largest absolute Gasteiger partial charge is 0.331 e. The molecule has 0 aliphatic rings. The third kappa shape index (κ3) is 4.98. The number of aryl methyl sites for hydroxylation is 2. The minimum atomic E-state index is 0.444. The molecule has 0 bridgehead atoms. The van der Waals surface area contributed by atoms with Crippen LogP contribution in [-0.4, -0.2) is 10.2 Å². The van der Waals surface area contributed by atoms with Crippen molar-refractivity contribution in [2.75, 3.05) is 10.6 Å². The normalized spacial score (nSPS) is 9.73. The average Bonchev–Trinajstić information content (AvgIpc) is 2.48. The molecule has 0 radical (unpaired) electrons. The highest BCUT2D eigenvalue weighted by Crippen LogP contribution is 2.12. The Labute approximate surface area is 141 Å². The zero-order valence-corrected chi connectivity index (χ0v) is 14.1. The molecule has 4 nitrogen and oxygen atoms in total. The second kappa shape index (κ2) is 7.72. The van der Waals surface area contributed by atoms with E-state index in [0.29, 0.717) is 10.2 Å². The van der Waals surface area contributed by atoms with Gasteiger partial charge in [0.1, 0.15) is 0 Å².